The van der Waals surface area contributed by atoms with Crippen molar-refractivity contribution in [3.05, 3.63) is 34.9 Å². The Morgan fingerprint density at radius 3 is 2.65 bits per heavy atom. The van der Waals surface area contributed by atoms with Gasteiger partial charge in [-0.3, -0.25) is 4.79 Å². The monoisotopic (exact) mass is 258 g/mol. The van der Waals surface area contributed by atoms with Gasteiger partial charge in [0.2, 0.25) is 0 Å². The number of halogens is 2. The van der Waals surface area contributed by atoms with E-state index in [0.29, 0.717) is 10.8 Å². The second kappa shape index (κ2) is 6.15. The lowest BCUT2D eigenvalue weighted by molar-refractivity contribution is 0.101. The largest absolute Gasteiger partial charge is 0.293 e. The first-order valence-electron chi connectivity index (χ1n) is 5.56. The quantitative estimate of drug-likeness (QED) is 0.743. The van der Waals surface area contributed by atoms with E-state index in [1.165, 1.54) is 24.8 Å². The minimum atomic E-state index is -0.775. The minimum absolute atomic E-state index is 0.117. The van der Waals surface area contributed by atoms with Gasteiger partial charge in [-0.15, -0.1) is 0 Å². The molecule has 0 bridgehead atoms. The van der Waals surface area contributed by atoms with E-state index in [1.807, 2.05) is 13.8 Å². The van der Waals surface area contributed by atoms with Gasteiger partial charge in [-0.25, -0.2) is 8.78 Å². The Morgan fingerprint density at radius 1 is 1.41 bits per heavy atom. The van der Waals surface area contributed by atoms with E-state index >= 15 is 0 Å². The van der Waals surface area contributed by atoms with Crippen molar-refractivity contribution in [2.45, 2.75) is 32.4 Å². The fraction of sp³-hybridized carbons (Fsp3) is 0.462. The topological polar surface area (TPSA) is 17.1 Å². The molecule has 0 fully saturated rings. The summed E-state index contributed by atoms with van der Waals surface area (Å²) in [6.07, 6.45) is 0.927. The van der Waals surface area contributed by atoms with Gasteiger partial charge in [-0.1, -0.05) is 19.9 Å². The zero-order valence-corrected chi connectivity index (χ0v) is 11.0. The van der Waals surface area contributed by atoms with Crippen molar-refractivity contribution in [3.63, 3.8) is 0 Å². The van der Waals surface area contributed by atoms with Gasteiger partial charge in [0.15, 0.2) is 5.78 Å². The van der Waals surface area contributed by atoms with Gasteiger partial charge >= 0.3 is 0 Å². The molecule has 1 unspecified atom stereocenters. The predicted molar refractivity (Wildman–Crippen MR) is 67.6 cm³/mol. The molecule has 0 amide bonds. The molecule has 1 nitrogen and oxygen atoms in total. The van der Waals surface area contributed by atoms with E-state index in [9.17, 15) is 13.6 Å². The van der Waals surface area contributed by atoms with Gasteiger partial charge in [-0.05, 0) is 25.0 Å². The highest BCUT2D eigenvalue weighted by molar-refractivity contribution is 8.00. The van der Waals surface area contributed by atoms with Gasteiger partial charge in [0, 0.05) is 5.25 Å². The zero-order valence-electron chi connectivity index (χ0n) is 10.2. The van der Waals surface area contributed by atoms with E-state index in [2.05, 4.69) is 0 Å². The van der Waals surface area contributed by atoms with Crippen LogP contribution in [0.3, 0.4) is 0 Å². The fourth-order valence-corrected chi connectivity index (χ4v) is 2.14. The summed E-state index contributed by atoms with van der Waals surface area (Å²) in [7, 11) is 0. The third-order valence-electron chi connectivity index (χ3n) is 2.64. The maximum Gasteiger partial charge on any atom is 0.178 e. The molecule has 0 aliphatic carbocycles. The summed E-state index contributed by atoms with van der Waals surface area (Å²) in [4.78, 5) is 11.8. The van der Waals surface area contributed by atoms with Crippen molar-refractivity contribution in [2.24, 2.45) is 0 Å². The van der Waals surface area contributed by atoms with Crippen LogP contribution < -0.4 is 0 Å². The summed E-state index contributed by atoms with van der Waals surface area (Å²) in [5, 5.41) is 0.315. The maximum atomic E-state index is 13.6. The van der Waals surface area contributed by atoms with Crippen LogP contribution >= 0.6 is 11.8 Å². The molecule has 1 atom stereocenters. The molecule has 17 heavy (non-hydrogen) atoms. The Bertz CT molecular complexity index is 418. The molecular weight excluding hydrogens is 242 g/mol. The molecule has 0 aliphatic heterocycles. The molecule has 0 saturated heterocycles. The Kier molecular flexibility index (Phi) is 5.12. The van der Waals surface area contributed by atoms with Crippen LogP contribution in [0.2, 0.25) is 0 Å². The Balaban J connectivity index is 2.86. The van der Waals surface area contributed by atoms with Gasteiger partial charge in [0.1, 0.15) is 11.6 Å². The van der Waals surface area contributed by atoms with Crippen LogP contribution in [0.5, 0.6) is 0 Å². The third kappa shape index (κ3) is 3.53. The van der Waals surface area contributed by atoms with E-state index in [0.717, 1.165) is 12.5 Å². The summed E-state index contributed by atoms with van der Waals surface area (Å²) < 4.78 is 27.1. The maximum absolute atomic E-state index is 13.6. The second-order valence-electron chi connectivity index (χ2n) is 4.01. The van der Waals surface area contributed by atoms with Gasteiger partial charge in [0.25, 0.3) is 0 Å². The van der Waals surface area contributed by atoms with Crippen molar-refractivity contribution in [1.82, 2.24) is 0 Å². The van der Waals surface area contributed by atoms with Crippen LogP contribution in [-0.2, 0) is 0 Å². The van der Waals surface area contributed by atoms with Crippen LogP contribution in [0.1, 0.15) is 36.2 Å². The van der Waals surface area contributed by atoms with Gasteiger partial charge in [0.05, 0.1) is 11.3 Å². The molecule has 0 saturated carbocycles. The van der Waals surface area contributed by atoms with Crippen molar-refractivity contribution in [1.29, 1.82) is 0 Å². The highest BCUT2D eigenvalue weighted by Gasteiger charge is 2.19. The van der Waals surface area contributed by atoms with Crippen molar-refractivity contribution in [3.8, 4) is 0 Å². The standard InChI is InChI=1S/C13H16F2OS/c1-4-9(3)17-7-11(16)12-10(14)6-5-8(2)13(12)15/h5-6,9H,4,7H2,1-3H3. The summed E-state index contributed by atoms with van der Waals surface area (Å²) in [5.41, 5.74) is -0.107. The van der Waals surface area contributed by atoms with Crippen LogP contribution in [0.4, 0.5) is 8.78 Å². The molecule has 0 spiro atoms. The minimum Gasteiger partial charge on any atom is -0.293 e. The number of thioether (sulfide) groups is 1. The molecule has 0 heterocycles. The van der Waals surface area contributed by atoms with E-state index < -0.39 is 23.0 Å². The van der Waals surface area contributed by atoms with Crippen LogP contribution in [0.15, 0.2) is 12.1 Å². The molecule has 1 aromatic rings. The summed E-state index contributed by atoms with van der Waals surface area (Å²) in [5.74, 6) is -1.87. The fourth-order valence-electron chi connectivity index (χ4n) is 1.32. The first kappa shape index (κ1) is 14.2. The highest BCUT2D eigenvalue weighted by atomic mass is 32.2. The first-order chi connectivity index (χ1) is 7.97. The number of aryl methyl sites for hydroxylation is 1. The van der Waals surface area contributed by atoms with Crippen molar-refractivity contribution < 1.29 is 13.6 Å². The number of rotatable bonds is 5. The lowest BCUT2D eigenvalue weighted by atomic mass is 10.1. The van der Waals surface area contributed by atoms with Crippen LogP contribution in [-0.4, -0.2) is 16.8 Å². The number of carbonyl (C=O) groups excluding carboxylic acids is 1. The normalized spacial score (nSPS) is 12.5. The van der Waals surface area contributed by atoms with E-state index in [-0.39, 0.29) is 5.75 Å². The van der Waals surface area contributed by atoms with E-state index in [1.54, 1.807) is 0 Å². The molecule has 0 radical (unpaired) electrons. The van der Waals surface area contributed by atoms with Crippen molar-refractivity contribution in [2.75, 3.05) is 5.75 Å². The molecule has 0 aliphatic rings. The number of carbonyl (C=O) groups is 1. The third-order valence-corrected chi connectivity index (χ3v) is 3.97. The zero-order chi connectivity index (χ0) is 13.0. The number of ketones is 1. The molecule has 1 aromatic carbocycles. The predicted octanol–water partition coefficient (Wildman–Crippen LogP) is 3.99. The summed E-state index contributed by atoms with van der Waals surface area (Å²) in [6.45, 7) is 5.52. The molecule has 0 N–H and O–H groups in total. The smallest absolute Gasteiger partial charge is 0.178 e. The summed E-state index contributed by atoms with van der Waals surface area (Å²) >= 11 is 1.42. The average Bonchev–Trinajstić information content (AvgIpc) is 2.31. The molecule has 1 rings (SSSR count). The lowest BCUT2D eigenvalue weighted by Crippen LogP contribution is -2.11. The SMILES string of the molecule is CCC(C)SCC(=O)c1c(F)ccc(C)c1F. The Labute approximate surface area is 105 Å². The van der Waals surface area contributed by atoms with Crippen molar-refractivity contribution >= 4 is 17.5 Å². The molecule has 94 valence electrons. The first-order valence-corrected chi connectivity index (χ1v) is 6.61. The van der Waals surface area contributed by atoms with E-state index in [4.69, 9.17) is 0 Å². The second-order valence-corrected chi connectivity index (χ2v) is 5.43. The van der Waals surface area contributed by atoms with Crippen LogP contribution in [0.25, 0.3) is 0 Å². The molecule has 0 aromatic heterocycles. The van der Waals surface area contributed by atoms with Gasteiger partial charge < -0.3 is 0 Å². The average molecular weight is 258 g/mol. The summed E-state index contributed by atoms with van der Waals surface area (Å²) in [6, 6.07) is 2.48. The highest BCUT2D eigenvalue weighted by Crippen LogP contribution is 2.20. The number of hydrogen-bond donors (Lipinski definition) is 0. The lowest BCUT2D eigenvalue weighted by Gasteiger charge is -2.09. The molecule has 4 heteroatoms. The number of Topliss-reactive ketones (excluding diaryl/α,β-unsaturated/α-hetero) is 1. The van der Waals surface area contributed by atoms with Crippen LogP contribution in [0, 0.1) is 18.6 Å². The Hall–Kier alpha value is -0.900. The number of hydrogen-bond acceptors (Lipinski definition) is 2. The molecular formula is C13H16F2OS. The van der Waals surface area contributed by atoms with Gasteiger partial charge in [-0.2, -0.15) is 11.8 Å². The Morgan fingerprint density at radius 2 is 2.06 bits per heavy atom. The number of benzene rings is 1.